The SMILES string of the molecule is CC(C)C[C@H](NC(=O)CC1CCC(NC(=O)OCC2c3ccccc3-c3ccccc32)C1)C(=O)O. The molecule has 3 N–H and O–H groups in total. The standard InChI is InChI=1S/C28H34N2O5/c1-17(2)13-25(27(32)33)30-26(31)15-18-11-12-19(14-18)29-28(34)35-16-24-22-9-5-3-7-20(22)21-8-4-6-10-23(21)24/h3-10,17-19,24-25H,11-16H2,1-2H3,(H,29,34)(H,30,31)(H,32,33)/t18?,19?,25-/m0/s1. The van der Waals surface area contributed by atoms with Crippen LogP contribution in [0.15, 0.2) is 48.5 Å². The Hall–Kier alpha value is -3.35. The smallest absolute Gasteiger partial charge is 0.407 e. The topological polar surface area (TPSA) is 105 Å². The van der Waals surface area contributed by atoms with Crippen molar-refractivity contribution in [3.8, 4) is 11.1 Å². The van der Waals surface area contributed by atoms with E-state index in [9.17, 15) is 19.5 Å². The predicted octanol–water partition coefficient (Wildman–Crippen LogP) is 4.70. The molecular formula is C28H34N2O5. The van der Waals surface area contributed by atoms with Gasteiger partial charge in [0.05, 0.1) is 0 Å². The first-order valence-electron chi connectivity index (χ1n) is 12.5. The molecule has 3 atom stereocenters. The third-order valence-electron chi connectivity index (χ3n) is 7.02. The van der Waals surface area contributed by atoms with Crippen molar-refractivity contribution in [2.75, 3.05) is 6.61 Å². The maximum Gasteiger partial charge on any atom is 0.407 e. The summed E-state index contributed by atoms with van der Waals surface area (Å²) in [7, 11) is 0. The molecule has 2 aromatic carbocycles. The van der Waals surface area contributed by atoms with Crippen LogP contribution in [-0.2, 0) is 14.3 Å². The maximum atomic E-state index is 12.6. The molecule has 0 heterocycles. The molecule has 7 nitrogen and oxygen atoms in total. The van der Waals surface area contributed by atoms with E-state index in [0.29, 0.717) is 12.8 Å². The molecule has 35 heavy (non-hydrogen) atoms. The van der Waals surface area contributed by atoms with Crippen LogP contribution in [0.5, 0.6) is 0 Å². The van der Waals surface area contributed by atoms with E-state index in [1.807, 2.05) is 38.1 Å². The fraction of sp³-hybridized carbons (Fsp3) is 0.464. The number of carboxylic acid groups (broad SMARTS) is 1. The summed E-state index contributed by atoms with van der Waals surface area (Å²) in [6.45, 7) is 4.13. The van der Waals surface area contributed by atoms with Crippen LogP contribution < -0.4 is 10.6 Å². The molecule has 2 aromatic rings. The van der Waals surface area contributed by atoms with Gasteiger partial charge in [-0.3, -0.25) is 4.79 Å². The second kappa shape index (κ2) is 10.9. The molecule has 0 radical (unpaired) electrons. The minimum atomic E-state index is -1.01. The van der Waals surface area contributed by atoms with Crippen molar-refractivity contribution in [2.45, 2.75) is 64.0 Å². The van der Waals surface area contributed by atoms with Crippen molar-refractivity contribution >= 4 is 18.0 Å². The van der Waals surface area contributed by atoms with E-state index in [2.05, 4.69) is 34.9 Å². The summed E-state index contributed by atoms with van der Waals surface area (Å²) in [4.78, 5) is 36.3. The second-order valence-electron chi connectivity index (χ2n) is 10.1. The average molecular weight is 479 g/mol. The van der Waals surface area contributed by atoms with Crippen LogP contribution in [0.2, 0.25) is 0 Å². The number of rotatable bonds is 9. The minimum absolute atomic E-state index is 0.0150. The molecule has 0 aromatic heterocycles. The number of carbonyl (C=O) groups excluding carboxylic acids is 2. The van der Waals surface area contributed by atoms with Gasteiger partial charge in [0.15, 0.2) is 0 Å². The van der Waals surface area contributed by atoms with Crippen LogP contribution in [0, 0.1) is 11.8 Å². The molecule has 186 valence electrons. The molecule has 1 fully saturated rings. The highest BCUT2D eigenvalue weighted by atomic mass is 16.5. The fourth-order valence-electron chi connectivity index (χ4n) is 5.41. The van der Waals surface area contributed by atoms with Crippen molar-refractivity contribution in [3.63, 3.8) is 0 Å². The summed E-state index contributed by atoms with van der Waals surface area (Å²) in [5.41, 5.74) is 4.72. The molecule has 4 rings (SSSR count). The van der Waals surface area contributed by atoms with E-state index in [4.69, 9.17) is 4.74 Å². The van der Waals surface area contributed by atoms with Gasteiger partial charge in [-0.25, -0.2) is 9.59 Å². The molecule has 2 aliphatic rings. The minimum Gasteiger partial charge on any atom is -0.480 e. The summed E-state index contributed by atoms with van der Waals surface area (Å²) in [5, 5.41) is 14.9. The number of amides is 2. The lowest BCUT2D eigenvalue weighted by Crippen LogP contribution is -2.42. The van der Waals surface area contributed by atoms with Crippen molar-refractivity contribution in [2.24, 2.45) is 11.8 Å². The molecule has 7 heteroatoms. The van der Waals surface area contributed by atoms with Gasteiger partial charge in [0.1, 0.15) is 12.6 Å². The first kappa shape index (κ1) is 24.8. The molecule has 2 aliphatic carbocycles. The number of hydrogen-bond donors (Lipinski definition) is 3. The predicted molar refractivity (Wildman–Crippen MR) is 133 cm³/mol. The van der Waals surface area contributed by atoms with Gasteiger partial charge in [-0.2, -0.15) is 0 Å². The van der Waals surface area contributed by atoms with E-state index >= 15 is 0 Å². The lowest BCUT2D eigenvalue weighted by molar-refractivity contribution is -0.142. The molecule has 0 aliphatic heterocycles. The van der Waals surface area contributed by atoms with Gasteiger partial charge in [-0.15, -0.1) is 0 Å². The third-order valence-corrected chi connectivity index (χ3v) is 7.02. The lowest BCUT2D eigenvalue weighted by atomic mass is 9.98. The summed E-state index contributed by atoms with van der Waals surface area (Å²) >= 11 is 0. The Morgan fingerprint density at radius 1 is 1.00 bits per heavy atom. The van der Waals surface area contributed by atoms with Gasteiger partial charge in [-0.1, -0.05) is 62.4 Å². The first-order valence-corrected chi connectivity index (χ1v) is 12.5. The zero-order chi connectivity index (χ0) is 24.9. The summed E-state index contributed by atoms with van der Waals surface area (Å²) in [6, 6.07) is 15.5. The number of carbonyl (C=O) groups is 3. The van der Waals surface area contributed by atoms with Crippen LogP contribution in [0.4, 0.5) is 4.79 Å². The van der Waals surface area contributed by atoms with E-state index in [-0.39, 0.29) is 42.7 Å². The highest BCUT2D eigenvalue weighted by Gasteiger charge is 2.31. The van der Waals surface area contributed by atoms with Crippen LogP contribution in [0.25, 0.3) is 11.1 Å². The molecule has 1 saturated carbocycles. The average Bonchev–Trinajstić information content (AvgIpc) is 3.38. The fourth-order valence-corrected chi connectivity index (χ4v) is 5.41. The van der Waals surface area contributed by atoms with Gasteiger partial charge in [-0.05, 0) is 59.8 Å². The quantitative estimate of drug-likeness (QED) is 0.485. The van der Waals surface area contributed by atoms with Crippen molar-refractivity contribution in [1.29, 1.82) is 0 Å². The Bertz CT molecular complexity index is 1040. The Morgan fingerprint density at radius 3 is 2.23 bits per heavy atom. The van der Waals surface area contributed by atoms with Crippen molar-refractivity contribution in [1.82, 2.24) is 10.6 Å². The number of alkyl carbamates (subject to hydrolysis) is 1. The lowest BCUT2D eigenvalue weighted by Gasteiger charge is -2.18. The highest BCUT2D eigenvalue weighted by Crippen LogP contribution is 2.44. The number of hydrogen-bond acceptors (Lipinski definition) is 4. The first-order chi connectivity index (χ1) is 16.8. The number of carboxylic acids is 1. The zero-order valence-electron chi connectivity index (χ0n) is 20.3. The molecular weight excluding hydrogens is 444 g/mol. The number of benzene rings is 2. The van der Waals surface area contributed by atoms with E-state index in [0.717, 1.165) is 12.8 Å². The number of fused-ring (bicyclic) bond motifs is 3. The summed E-state index contributed by atoms with van der Waals surface area (Å²) in [5.74, 6) is -0.949. The normalized spacial score (nSPS) is 19.6. The number of aliphatic carboxylic acids is 1. The summed E-state index contributed by atoms with van der Waals surface area (Å²) in [6.07, 6.45) is 2.49. The Labute approximate surface area is 206 Å². The van der Waals surface area contributed by atoms with Crippen LogP contribution in [0.1, 0.15) is 63.0 Å². The molecule has 2 amide bonds. The van der Waals surface area contributed by atoms with Crippen LogP contribution >= 0.6 is 0 Å². The molecule has 0 bridgehead atoms. The largest absolute Gasteiger partial charge is 0.480 e. The van der Waals surface area contributed by atoms with Crippen LogP contribution in [-0.4, -0.2) is 41.8 Å². The van der Waals surface area contributed by atoms with E-state index < -0.39 is 18.1 Å². The van der Waals surface area contributed by atoms with E-state index in [1.165, 1.54) is 22.3 Å². The van der Waals surface area contributed by atoms with Gasteiger partial charge in [0.2, 0.25) is 5.91 Å². The molecule has 2 unspecified atom stereocenters. The van der Waals surface area contributed by atoms with Crippen molar-refractivity contribution in [3.05, 3.63) is 59.7 Å². The molecule has 0 spiro atoms. The van der Waals surface area contributed by atoms with Gasteiger partial charge in [0.25, 0.3) is 0 Å². The number of ether oxygens (including phenoxy) is 1. The van der Waals surface area contributed by atoms with Crippen LogP contribution in [0.3, 0.4) is 0 Å². The maximum absolute atomic E-state index is 12.6. The zero-order valence-corrected chi connectivity index (χ0v) is 20.3. The second-order valence-corrected chi connectivity index (χ2v) is 10.1. The Kier molecular flexibility index (Phi) is 7.73. The highest BCUT2D eigenvalue weighted by molar-refractivity contribution is 5.83. The third kappa shape index (κ3) is 6.02. The Morgan fingerprint density at radius 2 is 1.63 bits per heavy atom. The van der Waals surface area contributed by atoms with Gasteiger partial charge in [0, 0.05) is 18.4 Å². The summed E-state index contributed by atoms with van der Waals surface area (Å²) < 4.78 is 5.64. The van der Waals surface area contributed by atoms with Gasteiger partial charge < -0.3 is 20.5 Å². The van der Waals surface area contributed by atoms with Gasteiger partial charge >= 0.3 is 12.1 Å². The van der Waals surface area contributed by atoms with E-state index in [1.54, 1.807) is 0 Å². The van der Waals surface area contributed by atoms with Crippen molar-refractivity contribution < 1.29 is 24.2 Å². The molecule has 0 saturated heterocycles. The Balaban J connectivity index is 1.24. The monoisotopic (exact) mass is 478 g/mol. The number of nitrogens with one attached hydrogen (secondary N) is 2.